The van der Waals surface area contributed by atoms with E-state index < -0.39 is 0 Å². The third-order valence-corrected chi connectivity index (χ3v) is 5.63. The molecule has 142 valence electrons. The first-order chi connectivity index (χ1) is 13.6. The molecule has 1 saturated heterocycles. The van der Waals surface area contributed by atoms with Gasteiger partial charge in [-0.2, -0.15) is 0 Å². The highest BCUT2D eigenvalue weighted by Crippen LogP contribution is 2.32. The summed E-state index contributed by atoms with van der Waals surface area (Å²) in [6.45, 7) is 0.883. The number of nitrogens with zero attached hydrogens (tertiary/aromatic N) is 3. The molecule has 28 heavy (non-hydrogen) atoms. The van der Waals surface area contributed by atoms with E-state index >= 15 is 0 Å². The van der Waals surface area contributed by atoms with E-state index in [9.17, 15) is 9.59 Å². The third-order valence-electron chi connectivity index (χ3n) is 4.37. The number of nitrogens with one attached hydrogen (secondary N) is 1. The molecule has 0 aliphatic carbocycles. The minimum atomic E-state index is -0.343. The van der Waals surface area contributed by atoms with E-state index in [0.29, 0.717) is 23.3 Å². The lowest BCUT2D eigenvalue weighted by Crippen LogP contribution is -2.35. The van der Waals surface area contributed by atoms with Crippen LogP contribution in [0, 0.1) is 0 Å². The molecule has 3 amide bonds. The second-order valence-electron chi connectivity index (χ2n) is 6.14. The van der Waals surface area contributed by atoms with Crippen molar-refractivity contribution in [2.24, 2.45) is 0 Å². The largest absolute Gasteiger partial charge is 0.336 e. The zero-order valence-electron chi connectivity index (χ0n) is 14.8. The van der Waals surface area contributed by atoms with E-state index in [4.69, 9.17) is 11.6 Å². The van der Waals surface area contributed by atoms with Gasteiger partial charge in [0.15, 0.2) is 5.16 Å². The number of thioether (sulfide) groups is 1. The van der Waals surface area contributed by atoms with E-state index in [1.54, 1.807) is 6.20 Å². The van der Waals surface area contributed by atoms with Gasteiger partial charge in [-0.25, -0.2) is 9.78 Å². The summed E-state index contributed by atoms with van der Waals surface area (Å²) in [5.74, 6) is -0.127. The van der Waals surface area contributed by atoms with Crippen molar-refractivity contribution in [1.82, 2.24) is 19.8 Å². The lowest BCUT2D eigenvalue weighted by atomic mass is 10.1. The Bertz CT molecular complexity index is 1020. The summed E-state index contributed by atoms with van der Waals surface area (Å²) in [7, 11) is 0. The average Bonchev–Trinajstić information content (AvgIpc) is 3.33. The van der Waals surface area contributed by atoms with E-state index in [1.165, 1.54) is 16.7 Å². The minimum absolute atomic E-state index is 0.114. The maximum absolute atomic E-state index is 12.4. The van der Waals surface area contributed by atoms with Gasteiger partial charge in [0.25, 0.3) is 0 Å². The Labute approximate surface area is 171 Å². The first-order valence-corrected chi connectivity index (χ1v) is 10.1. The Morgan fingerprint density at radius 1 is 1.14 bits per heavy atom. The van der Waals surface area contributed by atoms with Gasteiger partial charge in [0.2, 0.25) is 5.91 Å². The number of amides is 3. The van der Waals surface area contributed by atoms with Crippen molar-refractivity contribution in [2.45, 2.75) is 5.16 Å². The van der Waals surface area contributed by atoms with Crippen LogP contribution in [-0.2, 0) is 4.79 Å². The lowest BCUT2D eigenvalue weighted by Gasteiger charge is -2.15. The van der Waals surface area contributed by atoms with Gasteiger partial charge < -0.3 is 5.32 Å². The summed E-state index contributed by atoms with van der Waals surface area (Å²) in [5.41, 5.74) is 2.66. The molecule has 1 aliphatic rings. The van der Waals surface area contributed by atoms with Gasteiger partial charge in [0, 0.05) is 18.7 Å². The number of benzene rings is 2. The number of hydrogen-bond acceptors (Lipinski definition) is 4. The van der Waals surface area contributed by atoms with Crippen molar-refractivity contribution in [3.63, 3.8) is 0 Å². The number of carbonyl (C=O) groups is 2. The monoisotopic (exact) mass is 412 g/mol. The van der Waals surface area contributed by atoms with Crippen LogP contribution < -0.4 is 5.32 Å². The molecule has 3 aromatic rings. The molecule has 2 heterocycles. The minimum Gasteiger partial charge on any atom is -0.336 e. The molecular formula is C20H17ClN4O2S. The zero-order valence-corrected chi connectivity index (χ0v) is 16.4. The molecule has 1 aromatic heterocycles. The molecule has 0 spiro atoms. The first kappa shape index (κ1) is 18.6. The second-order valence-corrected chi connectivity index (χ2v) is 7.49. The maximum Gasteiger partial charge on any atom is 0.324 e. The van der Waals surface area contributed by atoms with Crippen LogP contribution >= 0.6 is 23.4 Å². The van der Waals surface area contributed by atoms with Gasteiger partial charge >= 0.3 is 6.03 Å². The van der Waals surface area contributed by atoms with Gasteiger partial charge in [-0.15, -0.1) is 0 Å². The Balaban J connectivity index is 1.68. The van der Waals surface area contributed by atoms with Gasteiger partial charge in [-0.05, 0) is 12.1 Å². The highest BCUT2D eigenvalue weighted by Gasteiger charge is 2.26. The molecule has 1 N–H and O–H groups in total. The van der Waals surface area contributed by atoms with Crippen molar-refractivity contribution in [1.29, 1.82) is 0 Å². The standard InChI is InChI=1S/C20H17ClN4O2S/c21-15-8-4-5-9-16(15)25-17(14-6-2-1-3-7-14)12-23-20(25)28-13-18(26)24-11-10-22-19(24)27/h1-9,12H,10-11,13H2,(H,22,27). The average molecular weight is 413 g/mol. The highest BCUT2D eigenvalue weighted by atomic mass is 35.5. The molecule has 8 heteroatoms. The van der Waals surface area contributed by atoms with Crippen LogP contribution in [0.4, 0.5) is 4.79 Å². The fourth-order valence-corrected chi connectivity index (χ4v) is 4.11. The van der Waals surface area contributed by atoms with Gasteiger partial charge in [0.1, 0.15) is 0 Å². The Morgan fingerprint density at radius 3 is 2.61 bits per heavy atom. The Morgan fingerprint density at radius 2 is 1.89 bits per heavy atom. The van der Waals surface area contributed by atoms with E-state index in [0.717, 1.165) is 16.9 Å². The Kier molecular flexibility index (Phi) is 5.36. The third kappa shape index (κ3) is 3.63. The van der Waals surface area contributed by atoms with Crippen LogP contribution in [0.2, 0.25) is 5.02 Å². The molecule has 0 bridgehead atoms. The number of carbonyl (C=O) groups excluding carboxylic acids is 2. The van der Waals surface area contributed by atoms with Gasteiger partial charge in [-0.3, -0.25) is 14.3 Å². The summed E-state index contributed by atoms with van der Waals surface area (Å²) < 4.78 is 1.94. The summed E-state index contributed by atoms with van der Waals surface area (Å²) in [5, 5.41) is 3.86. The molecule has 4 rings (SSSR count). The molecule has 0 saturated carbocycles. The molecule has 6 nitrogen and oxygen atoms in total. The van der Waals surface area contributed by atoms with Crippen LogP contribution in [0.3, 0.4) is 0 Å². The number of imidazole rings is 1. The van der Waals surface area contributed by atoms with Crippen LogP contribution in [0.25, 0.3) is 16.9 Å². The number of urea groups is 1. The molecular weight excluding hydrogens is 396 g/mol. The van der Waals surface area contributed by atoms with Crippen LogP contribution in [0.15, 0.2) is 66.0 Å². The highest BCUT2D eigenvalue weighted by molar-refractivity contribution is 7.99. The molecule has 0 unspecified atom stereocenters. The Hall–Kier alpha value is -2.77. The number of para-hydroxylation sites is 1. The quantitative estimate of drug-likeness (QED) is 0.646. The van der Waals surface area contributed by atoms with E-state index in [1.807, 2.05) is 59.2 Å². The number of rotatable bonds is 5. The van der Waals surface area contributed by atoms with Crippen LogP contribution in [0.5, 0.6) is 0 Å². The zero-order chi connectivity index (χ0) is 19.5. The summed E-state index contributed by atoms with van der Waals surface area (Å²) in [6.07, 6.45) is 1.77. The number of aromatic nitrogens is 2. The molecule has 1 fully saturated rings. The van der Waals surface area contributed by atoms with E-state index in [-0.39, 0.29) is 17.7 Å². The van der Waals surface area contributed by atoms with Crippen LogP contribution in [-0.4, -0.2) is 45.2 Å². The first-order valence-electron chi connectivity index (χ1n) is 8.74. The van der Waals surface area contributed by atoms with Crippen molar-refractivity contribution < 1.29 is 9.59 Å². The molecule has 0 radical (unpaired) electrons. The number of imide groups is 1. The van der Waals surface area contributed by atoms with Crippen molar-refractivity contribution in [3.8, 4) is 16.9 Å². The predicted molar refractivity (Wildman–Crippen MR) is 110 cm³/mol. The lowest BCUT2D eigenvalue weighted by molar-refractivity contribution is -0.124. The van der Waals surface area contributed by atoms with Gasteiger partial charge in [-0.1, -0.05) is 65.8 Å². The smallest absolute Gasteiger partial charge is 0.324 e. The topological polar surface area (TPSA) is 67.2 Å². The van der Waals surface area contributed by atoms with Crippen molar-refractivity contribution >= 4 is 35.3 Å². The predicted octanol–water partition coefficient (Wildman–Crippen LogP) is 3.84. The SMILES string of the molecule is O=C(CSc1ncc(-c2ccccc2)n1-c1ccccc1Cl)N1CCNC1=O. The van der Waals surface area contributed by atoms with Crippen LogP contribution in [0.1, 0.15) is 0 Å². The molecule has 1 aliphatic heterocycles. The van der Waals surface area contributed by atoms with E-state index in [2.05, 4.69) is 10.3 Å². The maximum atomic E-state index is 12.4. The summed E-state index contributed by atoms with van der Waals surface area (Å²) in [4.78, 5) is 29.9. The second kappa shape index (κ2) is 8.08. The number of hydrogen-bond donors (Lipinski definition) is 1. The van der Waals surface area contributed by atoms with Crippen molar-refractivity contribution in [2.75, 3.05) is 18.8 Å². The normalized spacial score (nSPS) is 13.6. The van der Waals surface area contributed by atoms with Crippen molar-refractivity contribution in [3.05, 3.63) is 65.8 Å². The summed E-state index contributed by atoms with van der Waals surface area (Å²) >= 11 is 7.73. The fraction of sp³-hybridized carbons (Fsp3) is 0.150. The number of halogens is 1. The van der Waals surface area contributed by atoms with Gasteiger partial charge in [0.05, 0.1) is 28.4 Å². The molecule has 0 atom stereocenters. The summed E-state index contributed by atoms with van der Waals surface area (Å²) in [6, 6.07) is 17.0. The fourth-order valence-electron chi connectivity index (χ4n) is 3.03. The molecule has 2 aromatic carbocycles.